The van der Waals surface area contributed by atoms with Crippen LogP contribution < -0.4 is 0 Å². The number of rotatable bonds is 11. The number of hydrogen-bond donors (Lipinski definition) is 4. The van der Waals surface area contributed by atoms with E-state index in [1.807, 2.05) is 0 Å². The molecule has 0 fully saturated rings. The molecule has 0 saturated carbocycles. The monoisotopic (exact) mass is 301 g/mol. The first-order chi connectivity index (χ1) is 8.85. The molecule has 0 spiro atoms. The SMILES string of the molecule is O=C(O)CN(CCO)CCN(CC(=O)O)CC(=O)O.[Na]. The summed E-state index contributed by atoms with van der Waals surface area (Å²) in [5.74, 6) is -3.39. The van der Waals surface area contributed by atoms with Crippen molar-refractivity contribution in [2.75, 3.05) is 45.9 Å². The fraction of sp³-hybridized carbons (Fsp3) is 0.700. The van der Waals surface area contributed by atoms with Crippen molar-refractivity contribution in [3.63, 3.8) is 0 Å². The molecule has 0 aromatic heterocycles. The van der Waals surface area contributed by atoms with E-state index < -0.39 is 31.0 Å². The molecule has 0 aromatic carbocycles. The Morgan fingerprint density at radius 3 is 1.40 bits per heavy atom. The average Bonchev–Trinajstić information content (AvgIpc) is 2.23. The zero-order valence-corrected chi connectivity index (χ0v) is 13.4. The maximum atomic E-state index is 10.6. The Kier molecular flexibility index (Phi) is 13.0. The second kappa shape index (κ2) is 12.1. The number of nitrogens with zero attached hydrogens (tertiary/aromatic N) is 2. The first-order valence-electron chi connectivity index (χ1n) is 5.56. The number of carbonyl (C=O) groups is 3. The summed E-state index contributed by atoms with van der Waals surface area (Å²) in [6.45, 7) is -1.03. The van der Waals surface area contributed by atoms with Gasteiger partial charge in [0.15, 0.2) is 0 Å². The van der Waals surface area contributed by atoms with Gasteiger partial charge in [0.05, 0.1) is 26.2 Å². The van der Waals surface area contributed by atoms with Gasteiger partial charge in [-0.05, 0) is 0 Å². The summed E-state index contributed by atoms with van der Waals surface area (Å²) < 4.78 is 0. The first kappa shape index (κ1) is 21.6. The largest absolute Gasteiger partial charge is 0.480 e. The van der Waals surface area contributed by atoms with Crippen LogP contribution in [0.4, 0.5) is 0 Å². The molecule has 0 unspecified atom stereocenters. The van der Waals surface area contributed by atoms with Crippen LogP contribution in [0.25, 0.3) is 0 Å². The second-order valence-corrected chi connectivity index (χ2v) is 3.89. The van der Waals surface area contributed by atoms with Crippen LogP contribution in [0.15, 0.2) is 0 Å². The van der Waals surface area contributed by atoms with Crippen LogP contribution in [-0.2, 0) is 14.4 Å². The number of hydrogen-bond acceptors (Lipinski definition) is 6. The van der Waals surface area contributed by atoms with E-state index in [0.717, 1.165) is 0 Å². The van der Waals surface area contributed by atoms with Gasteiger partial charge in [0.2, 0.25) is 0 Å². The van der Waals surface area contributed by atoms with Crippen molar-refractivity contribution in [1.29, 1.82) is 0 Å². The number of aliphatic hydroxyl groups is 1. The minimum atomic E-state index is -1.16. The van der Waals surface area contributed by atoms with Gasteiger partial charge in [0.25, 0.3) is 0 Å². The summed E-state index contributed by atoms with van der Waals surface area (Å²) in [4.78, 5) is 34.3. The molecule has 0 heterocycles. The Morgan fingerprint density at radius 2 is 1.05 bits per heavy atom. The molecular formula is C10H18N2NaO7. The maximum absolute atomic E-state index is 10.6. The first-order valence-corrected chi connectivity index (χ1v) is 5.56. The average molecular weight is 301 g/mol. The Labute approximate surface area is 138 Å². The van der Waals surface area contributed by atoms with Gasteiger partial charge in [-0.3, -0.25) is 24.2 Å². The fourth-order valence-electron chi connectivity index (χ4n) is 1.48. The van der Waals surface area contributed by atoms with Gasteiger partial charge in [-0.15, -0.1) is 0 Å². The van der Waals surface area contributed by atoms with Crippen molar-refractivity contribution in [1.82, 2.24) is 9.80 Å². The molecule has 0 aliphatic rings. The van der Waals surface area contributed by atoms with Gasteiger partial charge in [0, 0.05) is 49.2 Å². The van der Waals surface area contributed by atoms with Crippen molar-refractivity contribution in [2.45, 2.75) is 0 Å². The Morgan fingerprint density at radius 1 is 0.700 bits per heavy atom. The van der Waals surface area contributed by atoms with E-state index in [0.29, 0.717) is 0 Å². The van der Waals surface area contributed by atoms with Crippen LogP contribution in [0, 0.1) is 0 Å². The van der Waals surface area contributed by atoms with Crippen LogP contribution in [0.5, 0.6) is 0 Å². The molecule has 0 atom stereocenters. The van der Waals surface area contributed by atoms with Gasteiger partial charge in [-0.25, -0.2) is 0 Å². The Hall–Kier alpha value is -0.710. The number of carboxylic acid groups (broad SMARTS) is 3. The predicted octanol–water partition coefficient (Wildman–Crippen LogP) is -2.54. The minimum absolute atomic E-state index is 0. The van der Waals surface area contributed by atoms with E-state index in [4.69, 9.17) is 20.4 Å². The van der Waals surface area contributed by atoms with E-state index in [9.17, 15) is 14.4 Å². The number of aliphatic carboxylic acids is 3. The van der Waals surface area contributed by atoms with Gasteiger partial charge in [-0.2, -0.15) is 0 Å². The van der Waals surface area contributed by atoms with E-state index in [1.165, 1.54) is 9.80 Å². The smallest absolute Gasteiger partial charge is 0.317 e. The van der Waals surface area contributed by atoms with Gasteiger partial charge >= 0.3 is 17.9 Å². The van der Waals surface area contributed by atoms with Crippen LogP contribution in [0.1, 0.15) is 0 Å². The topological polar surface area (TPSA) is 139 Å². The normalized spacial score (nSPS) is 10.3. The zero-order valence-electron chi connectivity index (χ0n) is 11.4. The van der Waals surface area contributed by atoms with Crippen LogP contribution in [0.2, 0.25) is 0 Å². The van der Waals surface area contributed by atoms with Gasteiger partial charge in [-0.1, -0.05) is 0 Å². The second-order valence-electron chi connectivity index (χ2n) is 3.89. The molecule has 0 bridgehead atoms. The predicted molar refractivity (Wildman–Crippen MR) is 68.6 cm³/mol. The third kappa shape index (κ3) is 12.3. The third-order valence-electron chi connectivity index (χ3n) is 2.23. The van der Waals surface area contributed by atoms with E-state index in [-0.39, 0.29) is 62.3 Å². The van der Waals surface area contributed by atoms with Crippen LogP contribution in [-0.4, -0.2) is 124 Å². The molecule has 111 valence electrons. The molecule has 0 rings (SSSR count). The molecule has 0 saturated heterocycles. The minimum Gasteiger partial charge on any atom is -0.480 e. The molecule has 1 radical (unpaired) electrons. The number of aliphatic hydroxyl groups excluding tert-OH is 1. The zero-order chi connectivity index (χ0) is 14.8. The quantitative estimate of drug-likeness (QED) is 0.304. The Bertz CT molecular complexity index is 311. The summed E-state index contributed by atoms with van der Waals surface area (Å²) in [5.41, 5.74) is 0. The van der Waals surface area contributed by atoms with E-state index >= 15 is 0 Å². The van der Waals surface area contributed by atoms with Crippen molar-refractivity contribution < 1.29 is 34.8 Å². The van der Waals surface area contributed by atoms with Crippen molar-refractivity contribution in [3.8, 4) is 0 Å². The summed E-state index contributed by atoms with van der Waals surface area (Å²) in [5, 5.41) is 34.7. The molecule has 20 heavy (non-hydrogen) atoms. The summed E-state index contributed by atoms with van der Waals surface area (Å²) in [7, 11) is 0. The standard InChI is InChI=1S/C10H18N2O7.Na/c13-4-3-11(5-8(14)15)1-2-12(6-9(16)17)7-10(18)19;/h13H,1-7H2,(H,14,15)(H,16,17)(H,18,19);. The molecule has 0 aromatic rings. The van der Waals surface area contributed by atoms with E-state index in [1.54, 1.807) is 0 Å². The molecule has 0 aliphatic heterocycles. The van der Waals surface area contributed by atoms with Crippen molar-refractivity contribution >= 4 is 47.5 Å². The molecule has 4 N–H and O–H groups in total. The number of carboxylic acids is 3. The van der Waals surface area contributed by atoms with E-state index in [2.05, 4.69) is 0 Å². The molecule has 0 amide bonds. The molecule has 10 heteroatoms. The summed E-state index contributed by atoms with van der Waals surface area (Å²) in [6, 6.07) is 0. The summed E-state index contributed by atoms with van der Waals surface area (Å²) >= 11 is 0. The molecule has 9 nitrogen and oxygen atoms in total. The Balaban J connectivity index is 0. The molecule has 0 aliphatic carbocycles. The maximum Gasteiger partial charge on any atom is 0.317 e. The molecular weight excluding hydrogens is 283 g/mol. The van der Waals surface area contributed by atoms with Gasteiger partial charge < -0.3 is 20.4 Å². The fourth-order valence-corrected chi connectivity index (χ4v) is 1.48. The third-order valence-corrected chi connectivity index (χ3v) is 2.23. The summed E-state index contributed by atoms with van der Waals surface area (Å²) in [6.07, 6.45) is 0. The van der Waals surface area contributed by atoms with Crippen molar-refractivity contribution in [3.05, 3.63) is 0 Å². The van der Waals surface area contributed by atoms with Crippen LogP contribution >= 0.6 is 0 Å². The van der Waals surface area contributed by atoms with Gasteiger partial charge in [0.1, 0.15) is 0 Å². The van der Waals surface area contributed by atoms with Crippen molar-refractivity contribution in [2.24, 2.45) is 0 Å². The van der Waals surface area contributed by atoms with Crippen LogP contribution in [0.3, 0.4) is 0 Å².